The van der Waals surface area contributed by atoms with Crippen LogP contribution in [-0.2, 0) is 13.9 Å². The summed E-state index contributed by atoms with van der Waals surface area (Å²) in [5, 5.41) is 3.45. The third kappa shape index (κ3) is 5.18. The van der Waals surface area contributed by atoms with Gasteiger partial charge < -0.3 is 15.3 Å². The van der Waals surface area contributed by atoms with Crippen molar-refractivity contribution in [3.8, 4) is 5.75 Å². The SMILES string of the molecule is COc1ccc(Cl)cc1/C(N)=N/OC(=O)c1cc(S(=O)(=O)Cl)c(Cl)cc1Cl. The van der Waals surface area contributed by atoms with Gasteiger partial charge in [-0.15, -0.1) is 0 Å². The van der Waals surface area contributed by atoms with Gasteiger partial charge in [0.2, 0.25) is 0 Å². The quantitative estimate of drug-likeness (QED) is 0.231. The van der Waals surface area contributed by atoms with Crippen LogP contribution in [-0.4, -0.2) is 27.3 Å². The lowest BCUT2D eigenvalue weighted by Crippen LogP contribution is -2.16. The van der Waals surface area contributed by atoms with Gasteiger partial charge >= 0.3 is 5.97 Å². The van der Waals surface area contributed by atoms with E-state index in [-0.39, 0.29) is 27.0 Å². The highest BCUT2D eigenvalue weighted by atomic mass is 35.7. The molecule has 2 N–H and O–H groups in total. The minimum Gasteiger partial charge on any atom is -0.496 e. The average molecular weight is 472 g/mol. The highest BCUT2D eigenvalue weighted by molar-refractivity contribution is 8.13. The lowest BCUT2D eigenvalue weighted by Gasteiger charge is -2.08. The second-order valence-electron chi connectivity index (χ2n) is 4.90. The summed E-state index contributed by atoms with van der Waals surface area (Å²) in [5.74, 6) is -0.947. The van der Waals surface area contributed by atoms with Crippen LogP contribution in [0.3, 0.4) is 0 Å². The Morgan fingerprint density at radius 2 is 1.74 bits per heavy atom. The third-order valence-electron chi connectivity index (χ3n) is 3.17. The lowest BCUT2D eigenvalue weighted by molar-refractivity contribution is 0.0516. The van der Waals surface area contributed by atoms with Gasteiger partial charge in [0.1, 0.15) is 10.6 Å². The van der Waals surface area contributed by atoms with Gasteiger partial charge in [0, 0.05) is 15.7 Å². The van der Waals surface area contributed by atoms with Crippen molar-refractivity contribution >= 4 is 66.3 Å². The standard InChI is InChI=1S/C15H10Cl4N2O5S/c1-25-12-3-2-7(16)4-9(12)14(20)21-26-15(22)8-5-13(27(19,23)24)11(18)6-10(8)17/h2-6H,1H3,(H2,20,21). The summed E-state index contributed by atoms with van der Waals surface area (Å²) in [4.78, 5) is 16.4. The van der Waals surface area contributed by atoms with Crippen molar-refractivity contribution in [3.63, 3.8) is 0 Å². The first-order valence-electron chi connectivity index (χ1n) is 6.87. The molecular formula is C15H10Cl4N2O5S. The van der Waals surface area contributed by atoms with Gasteiger partial charge in [-0.1, -0.05) is 40.0 Å². The molecule has 144 valence electrons. The molecule has 2 aromatic rings. The predicted octanol–water partition coefficient (Wildman–Crippen LogP) is 4.06. The van der Waals surface area contributed by atoms with E-state index in [0.29, 0.717) is 10.8 Å². The molecule has 27 heavy (non-hydrogen) atoms. The molecule has 0 saturated carbocycles. The van der Waals surface area contributed by atoms with Crippen LogP contribution in [0.2, 0.25) is 15.1 Å². The largest absolute Gasteiger partial charge is 0.496 e. The molecule has 2 aromatic carbocycles. The topological polar surface area (TPSA) is 108 Å². The first-order chi connectivity index (χ1) is 12.5. The zero-order valence-corrected chi connectivity index (χ0v) is 17.2. The van der Waals surface area contributed by atoms with Gasteiger partial charge in [0.15, 0.2) is 5.84 Å². The Kier molecular flexibility index (Phi) is 6.82. The first-order valence-corrected chi connectivity index (χ1v) is 10.3. The minimum atomic E-state index is -4.21. The van der Waals surface area contributed by atoms with Crippen molar-refractivity contribution in [2.45, 2.75) is 4.90 Å². The van der Waals surface area contributed by atoms with Crippen molar-refractivity contribution in [1.82, 2.24) is 0 Å². The summed E-state index contributed by atoms with van der Waals surface area (Å²) >= 11 is 17.6. The maximum atomic E-state index is 12.2. The van der Waals surface area contributed by atoms with Crippen molar-refractivity contribution < 1.29 is 22.8 Å². The lowest BCUT2D eigenvalue weighted by atomic mass is 10.2. The Balaban J connectivity index is 2.36. The Hall–Kier alpha value is -1.71. The van der Waals surface area contributed by atoms with Gasteiger partial charge in [0.25, 0.3) is 9.05 Å². The van der Waals surface area contributed by atoms with Gasteiger partial charge in [0.05, 0.1) is 28.3 Å². The van der Waals surface area contributed by atoms with Crippen LogP contribution in [0.15, 0.2) is 40.4 Å². The molecule has 2 rings (SSSR count). The number of hydrogen-bond donors (Lipinski definition) is 1. The Labute approximate surface area is 174 Å². The summed E-state index contributed by atoms with van der Waals surface area (Å²) in [5.41, 5.74) is 5.75. The molecule has 7 nitrogen and oxygen atoms in total. The van der Waals surface area contributed by atoms with E-state index in [9.17, 15) is 13.2 Å². The fourth-order valence-corrected chi connectivity index (χ4v) is 3.93. The number of carbonyl (C=O) groups is 1. The van der Waals surface area contributed by atoms with E-state index in [2.05, 4.69) is 5.16 Å². The number of amidine groups is 1. The van der Waals surface area contributed by atoms with Gasteiger partial charge in [-0.25, -0.2) is 13.2 Å². The fourth-order valence-electron chi connectivity index (χ4n) is 1.94. The normalized spacial score (nSPS) is 12.0. The Morgan fingerprint density at radius 3 is 2.33 bits per heavy atom. The smallest absolute Gasteiger partial charge is 0.367 e. The van der Waals surface area contributed by atoms with E-state index in [1.807, 2.05) is 0 Å². The number of carbonyl (C=O) groups excluding carboxylic acids is 1. The van der Waals surface area contributed by atoms with E-state index in [1.54, 1.807) is 12.1 Å². The van der Waals surface area contributed by atoms with E-state index in [4.69, 9.17) is 60.8 Å². The van der Waals surface area contributed by atoms with Crippen molar-refractivity contribution in [2.75, 3.05) is 7.11 Å². The number of halogens is 4. The van der Waals surface area contributed by atoms with Crippen LogP contribution >= 0.6 is 45.5 Å². The molecule has 0 unspecified atom stereocenters. The first kappa shape index (κ1) is 21.6. The van der Waals surface area contributed by atoms with Crippen LogP contribution in [0.4, 0.5) is 0 Å². The van der Waals surface area contributed by atoms with Crippen molar-refractivity contribution in [2.24, 2.45) is 10.9 Å². The number of methoxy groups -OCH3 is 1. The van der Waals surface area contributed by atoms with E-state index >= 15 is 0 Å². The second kappa shape index (κ2) is 8.53. The Bertz CT molecular complexity index is 1040. The number of rotatable bonds is 5. The van der Waals surface area contributed by atoms with Gasteiger partial charge in [-0.2, -0.15) is 0 Å². The van der Waals surface area contributed by atoms with Crippen molar-refractivity contribution in [1.29, 1.82) is 0 Å². The summed E-state index contributed by atoms with van der Waals surface area (Å²) < 4.78 is 28.1. The number of hydrogen-bond acceptors (Lipinski definition) is 6. The molecule has 0 saturated heterocycles. The summed E-state index contributed by atoms with van der Waals surface area (Å²) in [6.07, 6.45) is 0. The second-order valence-corrected chi connectivity index (χ2v) is 8.69. The number of nitrogens with zero attached hydrogens (tertiary/aromatic N) is 1. The third-order valence-corrected chi connectivity index (χ3v) is 5.50. The van der Waals surface area contributed by atoms with E-state index in [0.717, 1.165) is 12.1 Å². The van der Waals surface area contributed by atoms with E-state index in [1.165, 1.54) is 13.2 Å². The molecule has 0 atom stereocenters. The van der Waals surface area contributed by atoms with Crippen LogP contribution in [0.25, 0.3) is 0 Å². The maximum absolute atomic E-state index is 12.2. The molecule has 0 spiro atoms. The number of ether oxygens (including phenoxy) is 1. The minimum absolute atomic E-state index is 0.164. The molecule has 0 heterocycles. The van der Waals surface area contributed by atoms with E-state index < -0.39 is 19.9 Å². The molecule has 12 heteroatoms. The predicted molar refractivity (Wildman–Crippen MR) is 104 cm³/mol. The molecule has 0 fully saturated rings. The highest BCUT2D eigenvalue weighted by Gasteiger charge is 2.22. The average Bonchev–Trinajstić information content (AvgIpc) is 2.58. The number of nitrogens with two attached hydrogens (primary N) is 1. The maximum Gasteiger partial charge on any atom is 0.367 e. The molecule has 0 aliphatic rings. The summed E-state index contributed by atoms with van der Waals surface area (Å²) in [6.45, 7) is 0. The summed E-state index contributed by atoms with van der Waals surface area (Å²) in [7, 11) is 2.47. The van der Waals surface area contributed by atoms with Gasteiger partial charge in [-0.05, 0) is 30.3 Å². The molecule has 0 radical (unpaired) electrons. The van der Waals surface area contributed by atoms with Crippen LogP contribution in [0, 0.1) is 0 Å². The van der Waals surface area contributed by atoms with Gasteiger partial charge in [-0.3, -0.25) is 0 Å². The van der Waals surface area contributed by atoms with Crippen LogP contribution < -0.4 is 10.5 Å². The number of benzene rings is 2. The van der Waals surface area contributed by atoms with Crippen LogP contribution in [0.1, 0.15) is 15.9 Å². The van der Waals surface area contributed by atoms with Crippen molar-refractivity contribution in [3.05, 3.63) is 56.5 Å². The zero-order valence-electron chi connectivity index (χ0n) is 13.4. The van der Waals surface area contributed by atoms with Crippen LogP contribution in [0.5, 0.6) is 5.75 Å². The summed E-state index contributed by atoms with van der Waals surface area (Å²) in [6, 6.07) is 6.50. The zero-order chi connectivity index (χ0) is 20.4. The number of oxime groups is 1. The molecule has 0 amide bonds. The highest BCUT2D eigenvalue weighted by Crippen LogP contribution is 2.31. The fraction of sp³-hybridized carbons (Fsp3) is 0.0667. The molecule has 0 bridgehead atoms. The Morgan fingerprint density at radius 1 is 1.07 bits per heavy atom. The monoisotopic (exact) mass is 470 g/mol. The molecule has 0 aliphatic heterocycles. The molecule has 0 aromatic heterocycles. The molecule has 0 aliphatic carbocycles. The molecular weight excluding hydrogens is 462 g/mol.